The van der Waals surface area contributed by atoms with Gasteiger partial charge in [-0.15, -0.1) is 0 Å². The SMILES string of the molecule is CC(C)NCCNc1nccn(C(C)C)c1=O. The molecule has 1 rings (SSSR count). The molecule has 0 unspecified atom stereocenters. The van der Waals surface area contributed by atoms with Gasteiger partial charge in [0.05, 0.1) is 0 Å². The Morgan fingerprint density at radius 3 is 2.59 bits per heavy atom. The maximum absolute atomic E-state index is 12.0. The van der Waals surface area contributed by atoms with Gasteiger partial charge < -0.3 is 15.2 Å². The van der Waals surface area contributed by atoms with Crippen LogP contribution in [0.2, 0.25) is 0 Å². The molecule has 0 fully saturated rings. The molecule has 5 heteroatoms. The molecule has 0 aliphatic heterocycles. The zero-order valence-electron chi connectivity index (χ0n) is 11.0. The minimum Gasteiger partial charge on any atom is -0.364 e. The molecule has 0 amide bonds. The van der Waals surface area contributed by atoms with E-state index in [1.165, 1.54) is 0 Å². The molecule has 1 aromatic heterocycles. The molecule has 0 saturated carbocycles. The number of anilines is 1. The molecule has 5 nitrogen and oxygen atoms in total. The third kappa shape index (κ3) is 4.19. The van der Waals surface area contributed by atoms with Crippen molar-refractivity contribution in [2.24, 2.45) is 0 Å². The third-order valence-electron chi connectivity index (χ3n) is 2.39. The van der Waals surface area contributed by atoms with Gasteiger partial charge in [-0.3, -0.25) is 4.79 Å². The van der Waals surface area contributed by atoms with E-state index in [0.717, 1.165) is 6.54 Å². The molecular formula is C12H22N4O. The average molecular weight is 238 g/mol. The number of hydrogen-bond acceptors (Lipinski definition) is 4. The minimum atomic E-state index is -0.0629. The van der Waals surface area contributed by atoms with E-state index in [0.29, 0.717) is 18.4 Å². The van der Waals surface area contributed by atoms with Crippen LogP contribution in [0.4, 0.5) is 5.82 Å². The van der Waals surface area contributed by atoms with Gasteiger partial charge in [0.15, 0.2) is 5.82 Å². The van der Waals surface area contributed by atoms with Crippen molar-refractivity contribution in [3.8, 4) is 0 Å². The van der Waals surface area contributed by atoms with Gasteiger partial charge in [-0.1, -0.05) is 13.8 Å². The second-order valence-corrected chi connectivity index (χ2v) is 4.62. The van der Waals surface area contributed by atoms with E-state index in [1.807, 2.05) is 13.8 Å². The Morgan fingerprint density at radius 1 is 1.29 bits per heavy atom. The highest BCUT2D eigenvalue weighted by molar-refractivity contribution is 5.30. The topological polar surface area (TPSA) is 59.0 Å². The summed E-state index contributed by atoms with van der Waals surface area (Å²) >= 11 is 0. The van der Waals surface area contributed by atoms with Crippen LogP contribution in [0.1, 0.15) is 33.7 Å². The molecule has 0 aromatic carbocycles. The monoisotopic (exact) mass is 238 g/mol. The summed E-state index contributed by atoms with van der Waals surface area (Å²) in [4.78, 5) is 16.0. The normalized spacial score (nSPS) is 11.2. The van der Waals surface area contributed by atoms with Gasteiger partial charge in [0.25, 0.3) is 5.56 Å². The summed E-state index contributed by atoms with van der Waals surface area (Å²) in [6.07, 6.45) is 3.37. The molecule has 0 bridgehead atoms. The van der Waals surface area contributed by atoms with Crippen molar-refractivity contribution in [2.75, 3.05) is 18.4 Å². The summed E-state index contributed by atoms with van der Waals surface area (Å²) in [6, 6.07) is 0.604. The van der Waals surface area contributed by atoms with Crippen LogP contribution in [0.5, 0.6) is 0 Å². The molecule has 0 aliphatic rings. The Kier molecular flexibility index (Phi) is 5.15. The van der Waals surface area contributed by atoms with Gasteiger partial charge in [0.1, 0.15) is 0 Å². The number of nitrogens with zero attached hydrogens (tertiary/aromatic N) is 2. The van der Waals surface area contributed by atoms with Crippen LogP contribution < -0.4 is 16.2 Å². The summed E-state index contributed by atoms with van der Waals surface area (Å²) in [5.74, 6) is 0.423. The molecule has 2 N–H and O–H groups in total. The fourth-order valence-electron chi connectivity index (χ4n) is 1.49. The molecule has 0 aliphatic carbocycles. The fourth-order valence-corrected chi connectivity index (χ4v) is 1.49. The first kappa shape index (κ1) is 13.7. The second kappa shape index (κ2) is 6.39. The Bertz CT molecular complexity index is 398. The smallest absolute Gasteiger partial charge is 0.293 e. The van der Waals surface area contributed by atoms with Crippen molar-refractivity contribution in [1.29, 1.82) is 0 Å². The van der Waals surface area contributed by atoms with Crippen LogP contribution in [0.15, 0.2) is 17.2 Å². The summed E-state index contributed by atoms with van der Waals surface area (Å²) in [5, 5.41) is 6.33. The highest BCUT2D eigenvalue weighted by Gasteiger charge is 2.06. The van der Waals surface area contributed by atoms with Gasteiger partial charge in [-0.2, -0.15) is 0 Å². The standard InChI is InChI=1S/C12H22N4O/c1-9(2)13-5-6-14-11-12(17)16(10(3)4)8-7-15-11/h7-10,13H,5-6H2,1-4H3,(H,14,15). The van der Waals surface area contributed by atoms with Crippen LogP contribution in [-0.2, 0) is 0 Å². The van der Waals surface area contributed by atoms with Crippen molar-refractivity contribution in [1.82, 2.24) is 14.9 Å². The van der Waals surface area contributed by atoms with E-state index >= 15 is 0 Å². The Labute approximate surface area is 102 Å². The van der Waals surface area contributed by atoms with Crippen LogP contribution in [0.3, 0.4) is 0 Å². The number of nitrogens with one attached hydrogen (secondary N) is 2. The van der Waals surface area contributed by atoms with E-state index in [4.69, 9.17) is 0 Å². The predicted molar refractivity (Wildman–Crippen MR) is 70.5 cm³/mol. The van der Waals surface area contributed by atoms with Crippen LogP contribution >= 0.6 is 0 Å². The number of aromatic nitrogens is 2. The van der Waals surface area contributed by atoms with E-state index in [2.05, 4.69) is 29.5 Å². The molecule has 96 valence electrons. The predicted octanol–water partition coefficient (Wildman–Crippen LogP) is 1.23. The zero-order chi connectivity index (χ0) is 12.8. The summed E-state index contributed by atoms with van der Waals surface area (Å²) in [5.41, 5.74) is -0.0629. The molecule has 17 heavy (non-hydrogen) atoms. The van der Waals surface area contributed by atoms with Crippen molar-refractivity contribution in [2.45, 2.75) is 39.8 Å². The summed E-state index contributed by atoms with van der Waals surface area (Å²) < 4.78 is 1.67. The lowest BCUT2D eigenvalue weighted by Gasteiger charge is -2.12. The molecule has 1 aromatic rings. The first-order chi connectivity index (χ1) is 8.02. The zero-order valence-corrected chi connectivity index (χ0v) is 11.0. The van der Waals surface area contributed by atoms with Gasteiger partial charge in [0.2, 0.25) is 0 Å². The Morgan fingerprint density at radius 2 is 2.00 bits per heavy atom. The van der Waals surface area contributed by atoms with Crippen molar-refractivity contribution in [3.63, 3.8) is 0 Å². The molecular weight excluding hydrogens is 216 g/mol. The lowest BCUT2D eigenvalue weighted by Crippen LogP contribution is -2.31. The lowest BCUT2D eigenvalue weighted by molar-refractivity contribution is 0.573. The highest BCUT2D eigenvalue weighted by atomic mass is 16.1. The first-order valence-corrected chi connectivity index (χ1v) is 6.06. The fraction of sp³-hybridized carbons (Fsp3) is 0.667. The quantitative estimate of drug-likeness (QED) is 0.732. The third-order valence-corrected chi connectivity index (χ3v) is 2.39. The van der Waals surface area contributed by atoms with Crippen LogP contribution in [0, 0.1) is 0 Å². The molecule has 0 saturated heterocycles. The summed E-state index contributed by atoms with van der Waals surface area (Å²) in [6.45, 7) is 9.65. The van der Waals surface area contributed by atoms with Crippen molar-refractivity contribution < 1.29 is 0 Å². The van der Waals surface area contributed by atoms with Gasteiger partial charge in [-0.05, 0) is 13.8 Å². The highest BCUT2D eigenvalue weighted by Crippen LogP contribution is 2.00. The number of rotatable bonds is 6. The maximum atomic E-state index is 12.0. The largest absolute Gasteiger partial charge is 0.364 e. The Balaban J connectivity index is 2.60. The van der Waals surface area contributed by atoms with Crippen LogP contribution in [0.25, 0.3) is 0 Å². The average Bonchev–Trinajstić information content (AvgIpc) is 2.25. The van der Waals surface area contributed by atoms with E-state index in [-0.39, 0.29) is 11.6 Å². The van der Waals surface area contributed by atoms with Gasteiger partial charge >= 0.3 is 0 Å². The maximum Gasteiger partial charge on any atom is 0.293 e. The molecule has 1 heterocycles. The van der Waals surface area contributed by atoms with Crippen molar-refractivity contribution in [3.05, 3.63) is 22.7 Å². The molecule has 0 radical (unpaired) electrons. The van der Waals surface area contributed by atoms with Crippen molar-refractivity contribution >= 4 is 5.82 Å². The van der Waals surface area contributed by atoms with Crippen LogP contribution in [-0.4, -0.2) is 28.7 Å². The lowest BCUT2D eigenvalue weighted by atomic mass is 10.4. The van der Waals surface area contributed by atoms with E-state index in [1.54, 1.807) is 17.0 Å². The number of hydrogen-bond donors (Lipinski definition) is 2. The van der Waals surface area contributed by atoms with E-state index in [9.17, 15) is 4.79 Å². The van der Waals surface area contributed by atoms with E-state index < -0.39 is 0 Å². The minimum absolute atomic E-state index is 0.0629. The Hall–Kier alpha value is -1.36. The summed E-state index contributed by atoms with van der Waals surface area (Å²) in [7, 11) is 0. The van der Waals surface area contributed by atoms with Gasteiger partial charge in [-0.25, -0.2) is 4.98 Å². The van der Waals surface area contributed by atoms with Gasteiger partial charge in [0, 0.05) is 37.6 Å². The first-order valence-electron chi connectivity index (χ1n) is 6.06. The second-order valence-electron chi connectivity index (χ2n) is 4.62. The molecule has 0 spiro atoms. The molecule has 0 atom stereocenters.